The minimum Gasteiger partial charge on any atom is -0.484 e. The lowest BCUT2D eigenvalue weighted by Crippen LogP contribution is -2.17. The summed E-state index contributed by atoms with van der Waals surface area (Å²) in [7, 11) is 0. The summed E-state index contributed by atoms with van der Waals surface area (Å²) < 4.78 is 11.0. The fourth-order valence-electron chi connectivity index (χ4n) is 2.28. The van der Waals surface area contributed by atoms with Gasteiger partial charge in [0.25, 0.3) is 11.8 Å². The van der Waals surface area contributed by atoms with E-state index in [1.54, 1.807) is 48.5 Å². The third kappa shape index (κ3) is 4.04. The second-order valence-corrected chi connectivity index (χ2v) is 5.76. The molecule has 0 atom stereocenters. The quantitative estimate of drug-likeness (QED) is 0.688. The summed E-state index contributed by atoms with van der Waals surface area (Å²) in [6.07, 6.45) is 0. The maximum Gasteiger partial charge on any atom is 0.291 e. The molecule has 7 heteroatoms. The van der Waals surface area contributed by atoms with Gasteiger partial charge in [-0.05, 0) is 36.4 Å². The van der Waals surface area contributed by atoms with Gasteiger partial charge in [-0.25, -0.2) is 0 Å². The van der Waals surface area contributed by atoms with E-state index in [-0.39, 0.29) is 17.9 Å². The molecule has 0 aliphatic rings. The van der Waals surface area contributed by atoms with E-state index in [9.17, 15) is 9.59 Å². The summed E-state index contributed by atoms with van der Waals surface area (Å²) in [5, 5.41) is 3.10. The number of nitrogens with one attached hydrogen (secondary N) is 1. The van der Waals surface area contributed by atoms with Gasteiger partial charge in [-0.3, -0.25) is 9.59 Å². The maximum atomic E-state index is 12.3. The van der Waals surface area contributed by atoms with Crippen LogP contribution in [0.5, 0.6) is 5.75 Å². The molecule has 0 saturated heterocycles. The summed E-state index contributed by atoms with van der Waals surface area (Å²) in [4.78, 5) is 23.7. The fraction of sp³-hybridized carbons (Fsp3) is 0.0526. The van der Waals surface area contributed by atoms with Gasteiger partial charge < -0.3 is 20.2 Å². The average Bonchev–Trinajstić information content (AvgIpc) is 3.10. The predicted octanol–water partition coefficient (Wildman–Crippen LogP) is 3.86. The number of hydrogen-bond acceptors (Lipinski definition) is 4. The second kappa shape index (κ2) is 7.76. The Morgan fingerprint density at radius 3 is 2.54 bits per heavy atom. The van der Waals surface area contributed by atoms with E-state index in [0.29, 0.717) is 22.2 Å². The summed E-state index contributed by atoms with van der Waals surface area (Å²) in [5.74, 6) is -0.0656. The standard InChI is InChI=1S/C19H15ClN2O4/c20-14-6-2-4-8-16(14)25-11-12-9-10-17(26-12)19(24)22-15-7-3-1-5-13(15)18(21)23/h1-10H,11H2,(H2,21,23)(H,22,24). The summed E-state index contributed by atoms with van der Waals surface area (Å²) in [6.45, 7) is 0.120. The van der Waals surface area contributed by atoms with Crippen molar-refractivity contribution in [3.8, 4) is 5.75 Å². The van der Waals surface area contributed by atoms with Crippen molar-refractivity contribution in [3.05, 3.63) is 82.8 Å². The number of furan rings is 1. The molecule has 3 N–H and O–H groups in total. The van der Waals surface area contributed by atoms with Crippen LogP contribution < -0.4 is 15.8 Å². The zero-order chi connectivity index (χ0) is 18.5. The zero-order valence-corrected chi connectivity index (χ0v) is 14.3. The zero-order valence-electron chi connectivity index (χ0n) is 13.6. The minimum absolute atomic E-state index is 0.0852. The largest absolute Gasteiger partial charge is 0.484 e. The smallest absolute Gasteiger partial charge is 0.291 e. The van der Waals surface area contributed by atoms with Crippen LogP contribution in [-0.2, 0) is 6.61 Å². The molecule has 0 aliphatic heterocycles. The molecule has 6 nitrogen and oxygen atoms in total. The first-order chi connectivity index (χ1) is 12.5. The Balaban J connectivity index is 1.67. The van der Waals surface area contributed by atoms with Crippen LogP contribution in [0.25, 0.3) is 0 Å². The number of halogens is 1. The lowest BCUT2D eigenvalue weighted by Gasteiger charge is -2.07. The Morgan fingerprint density at radius 2 is 1.77 bits per heavy atom. The van der Waals surface area contributed by atoms with Crippen molar-refractivity contribution in [1.29, 1.82) is 0 Å². The fourth-order valence-corrected chi connectivity index (χ4v) is 2.47. The van der Waals surface area contributed by atoms with Crippen LogP contribution >= 0.6 is 11.6 Å². The van der Waals surface area contributed by atoms with Crippen molar-refractivity contribution in [1.82, 2.24) is 0 Å². The molecule has 0 fully saturated rings. The van der Waals surface area contributed by atoms with E-state index in [4.69, 9.17) is 26.5 Å². The van der Waals surface area contributed by atoms with Gasteiger partial charge in [0.05, 0.1) is 16.3 Å². The van der Waals surface area contributed by atoms with E-state index >= 15 is 0 Å². The Kier molecular flexibility index (Phi) is 5.24. The molecule has 26 heavy (non-hydrogen) atoms. The van der Waals surface area contributed by atoms with Crippen LogP contribution in [0, 0.1) is 0 Å². The molecule has 0 spiro atoms. The number of rotatable bonds is 6. The van der Waals surface area contributed by atoms with Crippen LogP contribution in [0.4, 0.5) is 5.69 Å². The van der Waals surface area contributed by atoms with E-state index in [1.807, 2.05) is 0 Å². The van der Waals surface area contributed by atoms with Gasteiger partial charge in [-0.1, -0.05) is 35.9 Å². The third-order valence-corrected chi connectivity index (χ3v) is 3.84. The highest BCUT2D eigenvalue weighted by Gasteiger charge is 2.15. The Bertz CT molecular complexity index is 952. The van der Waals surface area contributed by atoms with E-state index in [1.165, 1.54) is 12.1 Å². The molecule has 0 radical (unpaired) electrons. The van der Waals surface area contributed by atoms with Gasteiger partial charge in [0.1, 0.15) is 18.1 Å². The molecule has 2 aromatic carbocycles. The third-order valence-electron chi connectivity index (χ3n) is 3.53. The Morgan fingerprint density at radius 1 is 1.04 bits per heavy atom. The second-order valence-electron chi connectivity index (χ2n) is 5.35. The lowest BCUT2D eigenvalue weighted by atomic mass is 10.1. The van der Waals surface area contributed by atoms with Crippen LogP contribution in [-0.4, -0.2) is 11.8 Å². The maximum absolute atomic E-state index is 12.3. The van der Waals surface area contributed by atoms with E-state index < -0.39 is 11.8 Å². The first-order valence-electron chi connectivity index (χ1n) is 7.71. The highest BCUT2D eigenvalue weighted by molar-refractivity contribution is 6.32. The van der Waals surface area contributed by atoms with Crippen molar-refractivity contribution in [2.24, 2.45) is 5.73 Å². The Hall–Kier alpha value is -3.25. The van der Waals surface area contributed by atoms with Gasteiger partial charge >= 0.3 is 0 Å². The van der Waals surface area contributed by atoms with Crippen LogP contribution in [0.15, 0.2) is 65.1 Å². The van der Waals surface area contributed by atoms with Crippen molar-refractivity contribution < 1.29 is 18.7 Å². The summed E-state index contributed by atoms with van der Waals surface area (Å²) >= 11 is 6.02. The molecule has 0 saturated carbocycles. The highest BCUT2D eigenvalue weighted by Crippen LogP contribution is 2.24. The normalized spacial score (nSPS) is 10.3. The van der Waals surface area contributed by atoms with Crippen molar-refractivity contribution >= 4 is 29.1 Å². The number of hydrogen-bond donors (Lipinski definition) is 2. The van der Waals surface area contributed by atoms with Gasteiger partial charge in [0.15, 0.2) is 5.76 Å². The van der Waals surface area contributed by atoms with Gasteiger partial charge in [-0.2, -0.15) is 0 Å². The molecule has 2 amide bonds. The van der Waals surface area contributed by atoms with Gasteiger partial charge in [-0.15, -0.1) is 0 Å². The van der Waals surface area contributed by atoms with Crippen molar-refractivity contribution in [3.63, 3.8) is 0 Å². The number of nitrogens with two attached hydrogens (primary N) is 1. The first kappa shape index (κ1) is 17.6. The number of anilines is 1. The SMILES string of the molecule is NC(=O)c1ccccc1NC(=O)c1ccc(COc2ccccc2Cl)o1. The van der Waals surface area contributed by atoms with Gasteiger partial charge in [0.2, 0.25) is 0 Å². The number of para-hydroxylation sites is 2. The number of carbonyl (C=O) groups is 2. The monoisotopic (exact) mass is 370 g/mol. The first-order valence-corrected chi connectivity index (χ1v) is 8.08. The highest BCUT2D eigenvalue weighted by atomic mass is 35.5. The number of carbonyl (C=O) groups excluding carboxylic acids is 2. The number of benzene rings is 2. The molecule has 3 rings (SSSR count). The molecule has 3 aromatic rings. The molecule has 0 aliphatic carbocycles. The topological polar surface area (TPSA) is 94.6 Å². The van der Waals surface area contributed by atoms with E-state index in [2.05, 4.69) is 5.32 Å². The van der Waals surface area contributed by atoms with Gasteiger partial charge in [0, 0.05) is 0 Å². The summed E-state index contributed by atoms with van der Waals surface area (Å²) in [6, 6.07) is 16.7. The van der Waals surface area contributed by atoms with Crippen LogP contribution in [0.3, 0.4) is 0 Å². The van der Waals surface area contributed by atoms with Crippen molar-refractivity contribution in [2.75, 3.05) is 5.32 Å². The molecule has 132 valence electrons. The van der Waals surface area contributed by atoms with Crippen LogP contribution in [0.2, 0.25) is 5.02 Å². The predicted molar refractivity (Wildman–Crippen MR) is 97.4 cm³/mol. The number of amides is 2. The van der Waals surface area contributed by atoms with Crippen LogP contribution in [0.1, 0.15) is 26.7 Å². The lowest BCUT2D eigenvalue weighted by molar-refractivity contribution is 0.0992. The Labute approximate surface area is 154 Å². The molecular weight excluding hydrogens is 356 g/mol. The summed E-state index contributed by atoms with van der Waals surface area (Å²) in [5.41, 5.74) is 5.83. The number of ether oxygens (including phenoxy) is 1. The number of primary amides is 1. The molecular formula is C19H15ClN2O4. The molecule has 0 unspecified atom stereocenters. The average molecular weight is 371 g/mol. The van der Waals surface area contributed by atoms with E-state index in [0.717, 1.165) is 0 Å². The minimum atomic E-state index is -0.630. The molecule has 1 aromatic heterocycles. The van der Waals surface area contributed by atoms with Crippen molar-refractivity contribution in [2.45, 2.75) is 6.61 Å². The molecule has 1 heterocycles. The molecule has 0 bridgehead atoms.